The highest BCUT2D eigenvalue weighted by Crippen LogP contribution is 2.34. The SMILES string of the molecule is C[C@@H](Nc1cccc(S(N)(=O)=O)c1[N+](=O)[O-])c1cc2ccccc2o1. The molecular formula is C16H15N3O5S. The van der Waals surface area contributed by atoms with Crippen LogP contribution < -0.4 is 10.5 Å². The molecule has 0 aliphatic rings. The zero-order valence-corrected chi connectivity index (χ0v) is 14.0. The topological polar surface area (TPSA) is 128 Å². The lowest BCUT2D eigenvalue weighted by molar-refractivity contribution is -0.386. The monoisotopic (exact) mass is 361 g/mol. The van der Waals surface area contributed by atoms with E-state index in [4.69, 9.17) is 9.56 Å². The number of hydrogen-bond acceptors (Lipinski definition) is 6. The molecule has 0 spiro atoms. The summed E-state index contributed by atoms with van der Waals surface area (Å²) >= 11 is 0. The Balaban J connectivity index is 2.01. The minimum Gasteiger partial charge on any atom is -0.459 e. The summed E-state index contributed by atoms with van der Waals surface area (Å²) in [6.07, 6.45) is 0. The standard InChI is InChI=1S/C16H15N3O5S/c1-10(14-9-11-5-2-3-7-13(11)24-14)18-12-6-4-8-15(25(17,22)23)16(12)19(20)21/h2-10,18H,1H3,(H2,17,22,23)/t10-/m1/s1. The quantitative estimate of drug-likeness (QED) is 0.530. The molecule has 0 fully saturated rings. The summed E-state index contributed by atoms with van der Waals surface area (Å²) in [6.45, 7) is 1.76. The number of fused-ring (bicyclic) bond motifs is 1. The summed E-state index contributed by atoms with van der Waals surface area (Å²) in [6, 6.07) is 12.7. The van der Waals surface area contributed by atoms with Gasteiger partial charge in [-0.2, -0.15) is 0 Å². The van der Waals surface area contributed by atoms with E-state index in [9.17, 15) is 18.5 Å². The molecule has 0 saturated heterocycles. The summed E-state index contributed by atoms with van der Waals surface area (Å²) in [5.74, 6) is 0.566. The zero-order chi connectivity index (χ0) is 18.2. The van der Waals surface area contributed by atoms with Gasteiger partial charge in [-0.1, -0.05) is 24.3 Å². The normalized spacial score (nSPS) is 12.9. The van der Waals surface area contributed by atoms with Crippen molar-refractivity contribution in [2.45, 2.75) is 17.9 Å². The molecule has 2 aromatic carbocycles. The van der Waals surface area contributed by atoms with E-state index < -0.39 is 31.6 Å². The number of nitro benzene ring substituents is 1. The summed E-state index contributed by atoms with van der Waals surface area (Å²) in [4.78, 5) is 10.1. The second-order valence-corrected chi connectivity index (χ2v) is 7.04. The molecule has 1 aromatic heterocycles. The van der Waals surface area contributed by atoms with E-state index in [0.29, 0.717) is 11.3 Å². The lowest BCUT2D eigenvalue weighted by Gasteiger charge is -2.14. The molecule has 25 heavy (non-hydrogen) atoms. The first kappa shape index (κ1) is 16.9. The third-order valence-corrected chi connectivity index (χ3v) is 4.67. The van der Waals surface area contributed by atoms with Gasteiger partial charge in [0.15, 0.2) is 4.90 Å². The maximum absolute atomic E-state index is 11.6. The summed E-state index contributed by atoms with van der Waals surface area (Å²) in [7, 11) is -4.23. The van der Waals surface area contributed by atoms with Gasteiger partial charge in [0.1, 0.15) is 17.0 Å². The van der Waals surface area contributed by atoms with E-state index in [0.717, 1.165) is 11.5 Å². The van der Waals surface area contributed by atoms with Crippen molar-refractivity contribution in [2.24, 2.45) is 5.14 Å². The Hall–Kier alpha value is -2.91. The minimum atomic E-state index is -4.23. The Labute approximate surface area is 143 Å². The van der Waals surface area contributed by atoms with Crippen molar-refractivity contribution in [1.29, 1.82) is 0 Å². The van der Waals surface area contributed by atoms with Gasteiger partial charge >= 0.3 is 5.69 Å². The first-order valence-electron chi connectivity index (χ1n) is 7.32. The first-order chi connectivity index (χ1) is 11.8. The molecule has 1 atom stereocenters. The zero-order valence-electron chi connectivity index (χ0n) is 13.2. The third-order valence-electron chi connectivity index (χ3n) is 3.73. The number of furan rings is 1. The van der Waals surface area contributed by atoms with Gasteiger partial charge in [-0.25, -0.2) is 13.6 Å². The molecule has 0 aliphatic heterocycles. The number of para-hydroxylation sites is 2. The molecule has 3 N–H and O–H groups in total. The first-order valence-corrected chi connectivity index (χ1v) is 8.87. The Morgan fingerprint density at radius 3 is 2.56 bits per heavy atom. The minimum absolute atomic E-state index is 0.0458. The number of sulfonamides is 1. The fourth-order valence-electron chi connectivity index (χ4n) is 2.58. The van der Waals surface area contributed by atoms with Crippen LogP contribution in [0, 0.1) is 10.1 Å². The van der Waals surface area contributed by atoms with Crippen molar-refractivity contribution in [3.05, 3.63) is 64.4 Å². The molecule has 3 aromatic rings. The van der Waals surface area contributed by atoms with Gasteiger partial charge in [0.2, 0.25) is 10.0 Å². The van der Waals surface area contributed by atoms with Crippen LogP contribution >= 0.6 is 0 Å². The predicted molar refractivity (Wildman–Crippen MR) is 92.7 cm³/mol. The van der Waals surface area contributed by atoms with Crippen LogP contribution in [-0.2, 0) is 10.0 Å². The molecule has 3 rings (SSSR count). The highest BCUT2D eigenvalue weighted by molar-refractivity contribution is 7.89. The van der Waals surface area contributed by atoms with Crippen LogP contribution in [0.5, 0.6) is 0 Å². The van der Waals surface area contributed by atoms with Crippen molar-refractivity contribution >= 4 is 32.4 Å². The Morgan fingerprint density at radius 1 is 1.20 bits per heavy atom. The highest BCUT2D eigenvalue weighted by Gasteiger charge is 2.27. The number of rotatable bonds is 5. The fraction of sp³-hybridized carbons (Fsp3) is 0.125. The van der Waals surface area contributed by atoms with E-state index in [1.165, 1.54) is 12.1 Å². The molecule has 0 unspecified atom stereocenters. The number of nitrogens with one attached hydrogen (secondary N) is 1. The lowest BCUT2D eigenvalue weighted by Crippen LogP contribution is -2.16. The number of primary sulfonamides is 1. The van der Waals surface area contributed by atoms with Gasteiger partial charge in [-0.05, 0) is 31.2 Å². The number of nitrogens with zero attached hydrogens (tertiary/aromatic N) is 1. The molecule has 0 saturated carbocycles. The maximum atomic E-state index is 11.6. The number of benzene rings is 2. The Bertz CT molecular complexity index is 1030. The van der Waals surface area contributed by atoms with E-state index in [2.05, 4.69) is 5.32 Å². The molecule has 0 radical (unpaired) electrons. The number of nitro groups is 1. The largest absolute Gasteiger partial charge is 0.459 e. The van der Waals surface area contributed by atoms with Crippen LogP contribution in [0.25, 0.3) is 11.0 Å². The smallest absolute Gasteiger partial charge is 0.312 e. The van der Waals surface area contributed by atoms with E-state index in [1.54, 1.807) is 6.92 Å². The van der Waals surface area contributed by atoms with Crippen LogP contribution in [0.4, 0.5) is 11.4 Å². The molecule has 1 heterocycles. The van der Waals surface area contributed by atoms with E-state index in [-0.39, 0.29) is 5.69 Å². The maximum Gasteiger partial charge on any atom is 0.312 e. The van der Waals surface area contributed by atoms with E-state index in [1.807, 2.05) is 30.3 Å². The van der Waals surface area contributed by atoms with Crippen LogP contribution in [-0.4, -0.2) is 13.3 Å². The lowest BCUT2D eigenvalue weighted by atomic mass is 10.2. The summed E-state index contributed by atoms with van der Waals surface area (Å²) in [5.41, 5.74) is 0.149. The highest BCUT2D eigenvalue weighted by atomic mass is 32.2. The van der Waals surface area contributed by atoms with Crippen LogP contribution in [0.15, 0.2) is 57.8 Å². The molecule has 130 valence electrons. The molecule has 9 heteroatoms. The summed E-state index contributed by atoms with van der Waals surface area (Å²) < 4.78 is 28.9. The molecule has 0 amide bonds. The number of nitrogens with two attached hydrogens (primary N) is 1. The second kappa shape index (κ2) is 6.19. The number of hydrogen-bond donors (Lipinski definition) is 2. The third kappa shape index (κ3) is 3.32. The van der Waals surface area contributed by atoms with Gasteiger partial charge in [0.25, 0.3) is 0 Å². The molecule has 0 bridgehead atoms. The van der Waals surface area contributed by atoms with Crippen molar-refractivity contribution in [1.82, 2.24) is 0 Å². The van der Waals surface area contributed by atoms with Crippen LogP contribution in [0.1, 0.15) is 18.7 Å². The van der Waals surface area contributed by atoms with Crippen molar-refractivity contribution in [2.75, 3.05) is 5.32 Å². The van der Waals surface area contributed by atoms with Crippen molar-refractivity contribution in [3.8, 4) is 0 Å². The average Bonchev–Trinajstić information content (AvgIpc) is 2.97. The Kier molecular flexibility index (Phi) is 4.19. The molecule has 0 aliphatic carbocycles. The van der Waals surface area contributed by atoms with Crippen LogP contribution in [0.3, 0.4) is 0 Å². The Morgan fingerprint density at radius 2 is 1.92 bits per heavy atom. The second-order valence-electron chi connectivity index (χ2n) is 5.51. The summed E-state index contributed by atoms with van der Waals surface area (Å²) in [5, 5.41) is 20.3. The van der Waals surface area contributed by atoms with Gasteiger partial charge < -0.3 is 9.73 Å². The predicted octanol–water partition coefficient (Wildman–Crippen LogP) is 3.16. The molecule has 8 nitrogen and oxygen atoms in total. The van der Waals surface area contributed by atoms with Crippen molar-refractivity contribution < 1.29 is 17.8 Å². The van der Waals surface area contributed by atoms with E-state index >= 15 is 0 Å². The van der Waals surface area contributed by atoms with Gasteiger partial charge in [0.05, 0.1) is 11.0 Å². The molecular weight excluding hydrogens is 346 g/mol. The van der Waals surface area contributed by atoms with Crippen molar-refractivity contribution in [3.63, 3.8) is 0 Å². The average molecular weight is 361 g/mol. The van der Waals surface area contributed by atoms with Gasteiger partial charge in [-0.3, -0.25) is 10.1 Å². The van der Waals surface area contributed by atoms with Gasteiger partial charge in [0, 0.05) is 5.39 Å². The number of anilines is 1. The van der Waals surface area contributed by atoms with Crippen LogP contribution in [0.2, 0.25) is 0 Å². The fourth-order valence-corrected chi connectivity index (χ4v) is 3.30. The van der Waals surface area contributed by atoms with Gasteiger partial charge in [-0.15, -0.1) is 0 Å².